The second kappa shape index (κ2) is 2.62. The first-order valence-corrected chi connectivity index (χ1v) is 3.72. The first-order valence-electron chi connectivity index (χ1n) is 2.13. The highest BCUT2D eigenvalue weighted by Gasteiger charge is 1.99. The van der Waals surface area contributed by atoms with Crippen molar-refractivity contribution in [2.45, 2.75) is 0 Å². The molecule has 1 aromatic rings. The van der Waals surface area contributed by atoms with E-state index in [0.29, 0.717) is 14.9 Å². The van der Waals surface area contributed by atoms with E-state index in [1.165, 1.54) is 6.33 Å². The van der Waals surface area contributed by atoms with Gasteiger partial charge < -0.3 is 5.73 Å². The number of nitrogen functional groups attached to an aromatic ring is 1. The van der Waals surface area contributed by atoms with Crippen molar-refractivity contribution in [3.05, 3.63) is 15.5 Å². The lowest BCUT2D eigenvalue weighted by Gasteiger charge is -1.95. The van der Waals surface area contributed by atoms with E-state index in [9.17, 15) is 0 Å². The lowest BCUT2D eigenvalue weighted by Crippen LogP contribution is -1.92. The topological polar surface area (TPSA) is 51.8 Å². The molecular formula is C4H3Br2N3. The summed E-state index contributed by atoms with van der Waals surface area (Å²) >= 11 is 6.28. The monoisotopic (exact) mass is 251 g/mol. The largest absolute Gasteiger partial charge is 0.394 e. The maximum atomic E-state index is 5.46. The summed E-state index contributed by atoms with van der Waals surface area (Å²) in [5.41, 5.74) is 5.99. The second-order valence-electron chi connectivity index (χ2n) is 1.37. The average molecular weight is 253 g/mol. The molecule has 0 aromatic carbocycles. The van der Waals surface area contributed by atoms with Crippen LogP contribution in [0.25, 0.3) is 0 Å². The van der Waals surface area contributed by atoms with Crippen LogP contribution in [0.5, 0.6) is 0 Å². The molecule has 0 unspecified atom stereocenters. The highest BCUT2D eigenvalue weighted by Crippen LogP contribution is 2.21. The molecule has 0 amide bonds. The van der Waals surface area contributed by atoms with Gasteiger partial charge in [0.15, 0.2) is 0 Å². The van der Waals surface area contributed by atoms with Crippen molar-refractivity contribution < 1.29 is 0 Å². The third kappa shape index (κ3) is 1.40. The van der Waals surface area contributed by atoms with Crippen molar-refractivity contribution in [3.8, 4) is 0 Å². The molecule has 0 spiro atoms. The number of hydrogen-bond donors (Lipinski definition) is 1. The van der Waals surface area contributed by atoms with E-state index in [-0.39, 0.29) is 0 Å². The van der Waals surface area contributed by atoms with E-state index >= 15 is 0 Å². The summed E-state index contributed by atoms with van der Waals surface area (Å²) in [5.74, 6) is 0. The summed E-state index contributed by atoms with van der Waals surface area (Å²) in [6.45, 7) is 0. The lowest BCUT2D eigenvalue weighted by molar-refractivity contribution is 1.12. The van der Waals surface area contributed by atoms with Crippen LogP contribution < -0.4 is 5.73 Å². The number of halogens is 2. The highest BCUT2D eigenvalue weighted by atomic mass is 79.9. The zero-order valence-corrected chi connectivity index (χ0v) is 7.48. The molecule has 48 valence electrons. The number of nitrogens with two attached hydrogens (primary N) is 1. The number of aromatic nitrogens is 2. The molecule has 0 saturated carbocycles. The summed E-state index contributed by atoms with van der Waals surface area (Å²) in [7, 11) is 0. The molecular weight excluding hydrogens is 250 g/mol. The molecule has 0 radical (unpaired) electrons. The smallest absolute Gasteiger partial charge is 0.133 e. The SMILES string of the molecule is Nc1c(Br)ncnc1Br. The molecule has 0 fully saturated rings. The van der Waals surface area contributed by atoms with Crippen LogP contribution >= 0.6 is 31.9 Å². The van der Waals surface area contributed by atoms with Crippen LogP contribution in [0.1, 0.15) is 0 Å². The van der Waals surface area contributed by atoms with Crippen LogP contribution in [0.3, 0.4) is 0 Å². The number of hydrogen-bond acceptors (Lipinski definition) is 3. The molecule has 2 N–H and O–H groups in total. The van der Waals surface area contributed by atoms with Crippen LogP contribution in [0.4, 0.5) is 5.69 Å². The van der Waals surface area contributed by atoms with Gasteiger partial charge in [0.1, 0.15) is 15.5 Å². The number of nitrogens with zero attached hydrogens (tertiary/aromatic N) is 2. The van der Waals surface area contributed by atoms with Crippen LogP contribution in [0.15, 0.2) is 15.5 Å². The number of anilines is 1. The Morgan fingerprint density at radius 2 is 1.67 bits per heavy atom. The molecule has 0 saturated heterocycles. The predicted molar refractivity (Wildman–Crippen MR) is 41.8 cm³/mol. The minimum Gasteiger partial charge on any atom is -0.394 e. The van der Waals surface area contributed by atoms with Gasteiger partial charge in [0.2, 0.25) is 0 Å². The average Bonchev–Trinajstić information content (AvgIpc) is 1.83. The van der Waals surface area contributed by atoms with Crippen molar-refractivity contribution in [3.63, 3.8) is 0 Å². The molecule has 3 nitrogen and oxygen atoms in total. The normalized spacial score (nSPS) is 9.56. The van der Waals surface area contributed by atoms with Gasteiger partial charge in [-0.3, -0.25) is 0 Å². The predicted octanol–water partition coefficient (Wildman–Crippen LogP) is 1.58. The molecule has 9 heavy (non-hydrogen) atoms. The quantitative estimate of drug-likeness (QED) is 0.714. The van der Waals surface area contributed by atoms with Gasteiger partial charge in [-0.05, 0) is 31.9 Å². The van der Waals surface area contributed by atoms with Crippen molar-refractivity contribution >= 4 is 37.5 Å². The lowest BCUT2D eigenvalue weighted by atomic mass is 10.6. The van der Waals surface area contributed by atoms with Crippen molar-refractivity contribution in [1.82, 2.24) is 9.97 Å². The highest BCUT2D eigenvalue weighted by molar-refractivity contribution is 9.11. The van der Waals surface area contributed by atoms with Gasteiger partial charge >= 0.3 is 0 Å². The van der Waals surface area contributed by atoms with E-state index < -0.39 is 0 Å². The summed E-state index contributed by atoms with van der Waals surface area (Å²) in [6.07, 6.45) is 1.42. The van der Waals surface area contributed by atoms with Crippen LogP contribution in [0, 0.1) is 0 Å². The van der Waals surface area contributed by atoms with Gasteiger partial charge in [0.05, 0.1) is 5.69 Å². The zero-order chi connectivity index (χ0) is 6.85. The number of rotatable bonds is 0. The summed E-state index contributed by atoms with van der Waals surface area (Å²) in [4.78, 5) is 7.58. The Morgan fingerprint density at radius 1 is 1.22 bits per heavy atom. The Morgan fingerprint density at radius 3 is 2.00 bits per heavy atom. The zero-order valence-electron chi connectivity index (χ0n) is 4.31. The van der Waals surface area contributed by atoms with E-state index in [1.54, 1.807) is 0 Å². The summed E-state index contributed by atoms with van der Waals surface area (Å²) < 4.78 is 1.23. The molecule has 0 bridgehead atoms. The third-order valence-corrected chi connectivity index (χ3v) is 2.05. The van der Waals surface area contributed by atoms with Crippen LogP contribution in [-0.4, -0.2) is 9.97 Å². The van der Waals surface area contributed by atoms with E-state index in [4.69, 9.17) is 5.73 Å². The Hall–Kier alpha value is -0.160. The van der Waals surface area contributed by atoms with E-state index in [0.717, 1.165) is 0 Å². The van der Waals surface area contributed by atoms with Crippen LogP contribution in [0.2, 0.25) is 0 Å². The van der Waals surface area contributed by atoms with Crippen molar-refractivity contribution in [1.29, 1.82) is 0 Å². The third-order valence-electron chi connectivity index (χ3n) is 0.787. The molecule has 1 rings (SSSR count). The van der Waals surface area contributed by atoms with Crippen LogP contribution in [-0.2, 0) is 0 Å². The maximum Gasteiger partial charge on any atom is 0.133 e. The molecule has 1 heterocycles. The van der Waals surface area contributed by atoms with Gasteiger partial charge in [0.25, 0.3) is 0 Å². The molecule has 5 heteroatoms. The summed E-state index contributed by atoms with van der Waals surface area (Å²) in [5, 5.41) is 0. The molecule has 0 aliphatic rings. The molecule has 1 aromatic heterocycles. The van der Waals surface area contributed by atoms with Gasteiger partial charge in [-0.25, -0.2) is 9.97 Å². The van der Waals surface area contributed by atoms with E-state index in [1.807, 2.05) is 0 Å². The van der Waals surface area contributed by atoms with Gasteiger partial charge in [-0.1, -0.05) is 0 Å². The standard InChI is InChI=1S/C4H3Br2N3/c5-3-2(7)4(6)9-1-8-3/h1H,7H2. The fourth-order valence-electron chi connectivity index (χ4n) is 0.354. The molecule has 0 atom stereocenters. The first kappa shape index (κ1) is 6.95. The Labute approximate surface area is 68.9 Å². The van der Waals surface area contributed by atoms with Gasteiger partial charge in [0, 0.05) is 0 Å². The maximum absolute atomic E-state index is 5.46. The van der Waals surface area contributed by atoms with Gasteiger partial charge in [-0.15, -0.1) is 0 Å². The van der Waals surface area contributed by atoms with E-state index in [2.05, 4.69) is 41.8 Å². The Kier molecular flexibility index (Phi) is 2.02. The first-order chi connectivity index (χ1) is 4.22. The van der Waals surface area contributed by atoms with Gasteiger partial charge in [-0.2, -0.15) is 0 Å². The Bertz CT molecular complexity index is 205. The van der Waals surface area contributed by atoms with Crippen molar-refractivity contribution in [2.24, 2.45) is 0 Å². The fourth-order valence-corrected chi connectivity index (χ4v) is 1.18. The second-order valence-corrected chi connectivity index (χ2v) is 2.87. The minimum atomic E-state index is 0.525. The van der Waals surface area contributed by atoms with Crippen molar-refractivity contribution in [2.75, 3.05) is 5.73 Å². The molecule has 0 aliphatic carbocycles. The fraction of sp³-hybridized carbons (Fsp3) is 0. The summed E-state index contributed by atoms with van der Waals surface area (Å²) in [6, 6.07) is 0. The minimum absolute atomic E-state index is 0.525. The Balaban J connectivity index is 3.25. The molecule has 0 aliphatic heterocycles.